The molecule has 49 heavy (non-hydrogen) atoms. The summed E-state index contributed by atoms with van der Waals surface area (Å²) in [7, 11) is -1.13. The summed E-state index contributed by atoms with van der Waals surface area (Å²) in [6, 6.07) is 26.6. The third-order valence-electron chi connectivity index (χ3n) is 8.73. The monoisotopic (exact) mass is 682 g/mol. The van der Waals surface area contributed by atoms with Crippen LogP contribution in [-0.2, 0) is 17.6 Å². The Morgan fingerprint density at radius 2 is 1.65 bits per heavy atom. The van der Waals surface area contributed by atoms with Gasteiger partial charge in [-0.1, -0.05) is 101 Å². The van der Waals surface area contributed by atoms with Gasteiger partial charge in [0.1, 0.15) is 16.8 Å². The van der Waals surface area contributed by atoms with Crippen LogP contribution in [-0.4, -0.2) is 64.1 Å². The molecule has 5 rings (SSSR count). The lowest BCUT2D eigenvalue weighted by atomic mass is 10.1. The molecule has 0 saturated carbocycles. The molecule has 2 aromatic heterocycles. The minimum Gasteiger partial charge on any atom is -0.496 e. The number of ether oxygens (including phenoxy) is 1. The fourth-order valence-corrected chi connectivity index (χ4v) is 11.1. The maximum absolute atomic E-state index is 11.6. The minimum atomic E-state index is -2.73. The zero-order valence-corrected chi connectivity index (χ0v) is 29.8. The van der Waals surface area contributed by atoms with Gasteiger partial charge in [-0.15, -0.1) is 0 Å². The Balaban J connectivity index is 1.49. The molecule has 0 saturated heterocycles. The van der Waals surface area contributed by atoms with E-state index in [1.54, 1.807) is 18.0 Å². The molecule has 0 spiro atoms. The number of aliphatic hydroxyl groups is 1. The Morgan fingerprint density at radius 1 is 0.980 bits per heavy atom. The van der Waals surface area contributed by atoms with Gasteiger partial charge in [-0.3, -0.25) is 10.00 Å². The van der Waals surface area contributed by atoms with Gasteiger partial charge in [0.05, 0.1) is 26.5 Å². The SMILES string of the molecule is CCCC(CCO[Si](c1ccccc1)(c1ccccc1)C(C)(C)C)Nc1nc(NC(=O)O)nc2cnn(Cc3cc(CO)ccc3OC)c12. The summed E-state index contributed by atoms with van der Waals surface area (Å²) in [5.41, 5.74) is 2.68. The fraction of sp³-hybridized carbons (Fsp3) is 0.351. The molecule has 2 heterocycles. The van der Waals surface area contributed by atoms with E-state index < -0.39 is 14.4 Å². The third kappa shape index (κ3) is 7.93. The summed E-state index contributed by atoms with van der Waals surface area (Å²) in [5.74, 6) is 1.08. The van der Waals surface area contributed by atoms with Crippen LogP contribution in [0.25, 0.3) is 11.0 Å². The first-order chi connectivity index (χ1) is 23.6. The van der Waals surface area contributed by atoms with Crippen LogP contribution < -0.4 is 25.7 Å². The number of hydrogen-bond acceptors (Lipinski definition) is 8. The normalized spacial score (nSPS) is 12.5. The molecule has 3 aromatic carbocycles. The molecule has 1 atom stereocenters. The molecule has 4 N–H and O–H groups in total. The number of carboxylic acid groups (broad SMARTS) is 1. The van der Waals surface area contributed by atoms with Gasteiger partial charge in [0.25, 0.3) is 8.32 Å². The van der Waals surface area contributed by atoms with Gasteiger partial charge >= 0.3 is 6.09 Å². The van der Waals surface area contributed by atoms with E-state index in [9.17, 15) is 15.0 Å². The molecular weight excluding hydrogens is 637 g/mol. The summed E-state index contributed by atoms with van der Waals surface area (Å²) in [6.07, 6.45) is 2.77. The Morgan fingerprint density at radius 3 is 2.22 bits per heavy atom. The van der Waals surface area contributed by atoms with Crippen molar-refractivity contribution in [3.05, 3.63) is 96.2 Å². The van der Waals surface area contributed by atoms with E-state index in [1.165, 1.54) is 10.4 Å². The van der Waals surface area contributed by atoms with Gasteiger partial charge in [-0.2, -0.15) is 10.1 Å². The summed E-state index contributed by atoms with van der Waals surface area (Å²) in [6.45, 7) is 9.65. The maximum atomic E-state index is 11.6. The average molecular weight is 683 g/mol. The van der Waals surface area contributed by atoms with Crippen molar-refractivity contribution in [2.24, 2.45) is 0 Å². The Kier molecular flexibility index (Phi) is 11.3. The zero-order chi connectivity index (χ0) is 35.0. The predicted molar refractivity (Wildman–Crippen MR) is 195 cm³/mol. The van der Waals surface area contributed by atoms with Gasteiger partial charge in [-0.05, 0) is 45.9 Å². The first kappa shape index (κ1) is 35.5. The quantitative estimate of drug-likeness (QED) is 0.0976. The van der Waals surface area contributed by atoms with Crippen molar-refractivity contribution >= 4 is 47.6 Å². The number of rotatable bonds is 15. The summed E-state index contributed by atoms with van der Waals surface area (Å²) in [5, 5.41) is 32.1. The smallest absolute Gasteiger partial charge is 0.411 e. The van der Waals surface area contributed by atoms with Gasteiger partial charge < -0.3 is 24.7 Å². The number of nitrogens with one attached hydrogen (secondary N) is 2. The molecule has 0 fully saturated rings. The maximum Gasteiger partial charge on any atom is 0.411 e. The number of hydrogen-bond donors (Lipinski definition) is 4. The van der Waals surface area contributed by atoms with Crippen LogP contribution in [0.2, 0.25) is 5.04 Å². The number of benzene rings is 3. The molecule has 0 aliphatic rings. The highest BCUT2D eigenvalue weighted by Gasteiger charge is 2.50. The average Bonchev–Trinajstić information content (AvgIpc) is 3.49. The van der Waals surface area contributed by atoms with Gasteiger partial charge in [0.2, 0.25) is 5.95 Å². The van der Waals surface area contributed by atoms with Crippen molar-refractivity contribution in [2.45, 2.75) is 71.2 Å². The van der Waals surface area contributed by atoms with Crippen LogP contribution in [0.1, 0.15) is 58.1 Å². The van der Waals surface area contributed by atoms with Crippen molar-refractivity contribution in [3.8, 4) is 5.75 Å². The molecule has 0 bridgehead atoms. The van der Waals surface area contributed by atoms with Crippen LogP contribution in [0.5, 0.6) is 5.75 Å². The Labute approximate surface area is 288 Å². The van der Waals surface area contributed by atoms with Crippen molar-refractivity contribution in [1.29, 1.82) is 0 Å². The van der Waals surface area contributed by atoms with Crippen LogP contribution in [0.4, 0.5) is 16.6 Å². The number of carbonyl (C=O) groups is 1. The minimum absolute atomic E-state index is 0.0410. The molecule has 0 aliphatic carbocycles. The summed E-state index contributed by atoms with van der Waals surface area (Å²) >= 11 is 0. The first-order valence-electron chi connectivity index (χ1n) is 16.6. The zero-order valence-electron chi connectivity index (χ0n) is 28.8. The van der Waals surface area contributed by atoms with E-state index in [0.717, 1.165) is 24.0 Å². The molecular formula is C37H46N6O5Si. The van der Waals surface area contributed by atoms with E-state index in [0.29, 0.717) is 42.2 Å². The molecule has 0 radical (unpaired) electrons. The molecule has 258 valence electrons. The number of aliphatic hydroxyl groups excluding tert-OH is 1. The van der Waals surface area contributed by atoms with E-state index in [4.69, 9.17) is 9.16 Å². The number of aromatic nitrogens is 4. The van der Waals surface area contributed by atoms with E-state index >= 15 is 0 Å². The Hall–Kier alpha value is -4.78. The largest absolute Gasteiger partial charge is 0.496 e. The van der Waals surface area contributed by atoms with Gasteiger partial charge in [0, 0.05) is 18.2 Å². The van der Waals surface area contributed by atoms with Crippen LogP contribution in [0, 0.1) is 0 Å². The lowest BCUT2D eigenvalue weighted by Crippen LogP contribution is -2.66. The number of nitrogens with zero attached hydrogens (tertiary/aromatic N) is 4. The van der Waals surface area contributed by atoms with Crippen LogP contribution >= 0.6 is 0 Å². The second kappa shape index (κ2) is 15.6. The Bertz CT molecular complexity index is 1810. The summed E-state index contributed by atoms with van der Waals surface area (Å²) in [4.78, 5) is 20.7. The molecule has 12 heteroatoms. The molecule has 1 amide bonds. The number of fused-ring (bicyclic) bond motifs is 1. The van der Waals surface area contributed by atoms with Crippen molar-refractivity contribution in [2.75, 3.05) is 24.4 Å². The van der Waals surface area contributed by atoms with E-state index in [1.807, 2.05) is 30.3 Å². The van der Waals surface area contributed by atoms with Crippen LogP contribution in [0.15, 0.2) is 85.1 Å². The second-order valence-electron chi connectivity index (χ2n) is 13.1. The second-order valence-corrected chi connectivity index (χ2v) is 17.4. The van der Waals surface area contributed by atoms with Gasteiger partial charge in [-0.25, -0.2) is 9.78 Å². The van der Waals surface area contributed by atoms with Crippen molar-refractivity contribution in [3.63, 3.8) is 0 Å². The highest BCUT2D eigenvalue weighted by molar-refractivity contribution is 6.99. The fourth-order valence-electron chi connectivity index (χ4n) is 6.53. The topological polar surface area (TPSA) is 144 Å². The highest BCUT2D eigenvalue weighted by Crippen LogP contribution is 2.37. The molecule has 5 aromatic rings. The van der Waals surface area contributed by atoms with E-state index in [2.05, 4.69) is 102 Å². The lowest BCUT2D eigenvalue weighted by Gasteiger charge is -2.43. The first-order valence-corrected chi connectivity index (χ1v) is 18.5. The van der Waals surface area contributed by atoms with Gasteiger partial charge in [0.15, 0.2) is 5.82 Å². The molecule has 0 aliphatic heterocycles. The number of methoxy groups -OCH3 is 1. The number of anilines is 2. The van der Waals surface area contributed by atoms with Crippen molar-refractivity contribution < 1.29 is 24.2 Å². The standard InChI is InChI=1S/C37H46N6O5Si/c1-6-13-28(20-21-48-49(37(2,3)4,29-14-9-7-10-15-29)30-16-11-8-12-17-30)39-34-33-31(40-35(41-34)42-36(45)46)23-38-43(33)24-27-22-26(25-44)18-19-32(27)47-5/h7-12,14-19,22-23,28,44H,6,13,20-21,24-25H2,1-5H3,(H,45,46)(H2,39,40,41,42). The predicted octanol–water partition coefficient (Wildman–Crippen LogP) is 6.01. The summed E-state index contributed by atoms with van der Waals surface area (Å²) < 4.78 is 14.6. The molecule has 11 nitrogen and oxygen atoms in total. The highest BCUT2D eigenvalue weighted by atomic mass is 28.4. The van der Waals surface area contributed by atoms with Crippen molar-refractivity contribution in [1.82, 2.24) is 19.7 Å². The molecule has 1 unspecified atom stereocenters. The third-order valence-corrected chi connectivity index (χ3v) is 13.8. The number of amides is 1. The lowest BCUT2D eigenvalue weighted by molar-refractivity contribution is 0.209. The van der Waals surface area contributed by atoms with E-state index in [-0.39, 0.29) is 23.6 Å². The van der Waals surface area contributed by atoms with Crippen LogP contribution in [0.3, 0.4) is 0 Å².